The molecular weight excluding hydrogens is 198 g/mol. The van der Waals surface area contributed by atoms with Gasteiger partial charge in [0.05, 0.1) is 13.2 Å². The van der Waals surface area contributed by atoms with Gasteiger partial charge in [-0.25, -0.2) is 0 Å². The lowest BCUT2D eigenvalue weighted by atomic mass is 9.87. The molecule has 16 heavy (non-hydrogen) atoms. The zero-order chi connectivity index (χ0) is 11.3. The van der Waals surface area contributed by atoms with Crippen molar-refractivity contribution in [2.24, 2.45) is 11.1 Å². The summed E-state index contributed by atoms with van der Waals surface area (Å²) in [5.41, 5.74) is 7.38. The Morgan fingerprint density at radius 1 is 1.12 bits per heavy atom. The van der Waals surface area contributed by atoms with E-state index in [1.54, 1.807) is 0 Å². The maximum atomic E-state index is 5.87. The third-order valence-electron chi connectivity index (χ3n) is 3.62. The van der Waals surface area contributed by atoms with Crippen LogP contribution in [0.3, 0.4) is 0 Å². The van der Waals surface area contributed by atoms with Crippen molar-refractivity contribution in [3.05, 3.63) is 35.9 Å². The summed E-state index contributed by atoms with van der Waals surface area (Å²) in [6.45, 7) is 2.29. The fraction of sp³-hybridized carbons (Fsp3) is 0.571. The number of hydrogen-bond donors (Lipinski definition) is 1. The predicted molar refractivity (Wildman–Crippen MR) is 66.1 cm³/mol. The van der Waals surface area contributed by atoms with Crippen molar-refractivity contribution < 1.29 is 4.74 Å². The standard InChI is InChI=1S/C14H21NO/c15-11-14(8-4-5-9-14)12-16-10-13-6-2-1-3-7-13/h1-3,6-7H,4-5,8-12,15H2. The van der Waals surface area contributed by atoms with E-state index in [-0.39, 0.29) is 5.41 Å². The monoisotopic (exact) mass is 219 g/mol. The van der Waals surface area contributed by atoms with Crippen LogP contribution in [0.5, 0.6) is 0 Å². The Kier molecular flexibility index (Phi) is 3.97. The van der Waals surface area contributed by atoms with Crippen molar-refractivity contribution in [2.45, 2.75) is 32.3 Å². The lowest BCUT2D eigenvalue weighted by molar-refractivity contribution is 0.0405. The maximum Gasteiger partial charge on any atom is 0.0717 e. The summed E-state index contributed by atoms with van der Waals surface area (Å²) < 4.78 is 5.82. The first kappa shape index (κ1) is 11.6. The molecule has 0 amide bonds. The van der Waals surface area contributed by atoms with E-state index in [1.165, 1.54) is 31.2 Å². The van der Waals surface area contributed by atoms with Gasteiger partial charge in [-0.05, 0) is 18.4 Å². The minimum absolute atomic E-state index is 0.273. The van der Waals surface area contributed by atoms with Gasteiger partial charge in [0, 0.05) is 12.0 Å². The van der Waals surface area contributed by atoms with E-state index in [1.807, 2.05) is 18.2 Å². The Morgan fingerprint density at radius 3 is 2.44 bits per heavy atom. The second-order valence-electron chi connectivity index (χ2n) is 4.89. The van der Waals surface area contributed by atoms with Crippen LogP contribution < -0.4 is 5.73 Å². The first-order valence-corrected chi connectivity index (χ1v) is 6.16. The Labute approximate surface area is 97.8 Å². The van der Waals surface area contributed by atoms with Gasteiger partial charge >= 0.3 is 0 Å². The molecule has 1 aromatic carbocycles. The van der Waals surface area contributed by atoms with Crippen LogP contribution in [0.25, 0.3) is 0 Å². The molecule has 0 bridgehead atoms. The van der Waals surface area contributed by atoms with E-state index < -0.39 is 0 Å². The maximum absolute atomic E-state index is 5.87. The van der Waals surface area contributed by atoms with Crippen molar-refractivity contribution in [1.82, 2.24) is 0 Å². The highest BCUT2D eigenvalue weighted by Crippen LogP contribution is 2.37. The number of nitrogens with two attached hydrogens (primary N) is 1. The van der Waals surface area contributed by atoms with Gasteiger partial charge in [-0.2, -0.15) is 0 Å². The zero-order valence-corrected chi connectivity index (χ0v) is 9.82. The van der Waals surface area contributed by atoms with E-state index in [2.05, 4.69) is 12.1 Å². The van der Waals surface area contributed by atoms with Crippen molar-refractivity contribution in [3.8, 4) is 0 Å². The van der Waals surface area contributed by atoms with Crippen molar-refractivity contribution >= 4 is 0 Å². The second kappa shape index (κ2) is 5.46. The average Bonchev–Trinajstić information content (AvgIpc) is 2.80. The van der Waals surface area contributed by atoms with Crippen LogP contribution in [0, 0.1) is 5.41 Å². The van der Waals surface area contributed by atoms with Gasteiger partial charge in [-0.15, -0.1) is 0 Å². The molecule has 1 fully saturated rings. The van der Waals surface area contributed by atoms with Crippen molar-refractivity contribution in [1.29, 1.82) is 0 Å². The lowest BCUT2D eigenvalue weighted by Gasteiger charge is -2.26. The third kappa shape index (κ3) is 2.83. The zero-order valence-electron chi connectivity index (χ0n) is 9.82. The Hall–Kier alpha value is -0.860. The summed E-state index contributed by atoms with van der Waals surface area (Å²) in [6, 6.07) is 10.3. The van der Waals surface area contributed by atoms with Crippen LogP contribution in [0.4, 0.5) is 0 Å². The highest BCUT2D eigenvalue weighted by Gasteiger charge is 2.32. The van der Waals surface area contributed by atoms with Gasteiger partial charge in [0.2, 0.25) is 0 Å². The third-order valence-corrected chi connectivity index (χ3v) is 3.62. The Morgan fingerprint density at radius 2 is 1.81 bits per heavy atom. The lowest BCUT2D eigenvalue weighted by Crippen LogP contribution is -2.32. The highest BCUT2D eigenvalue weighted by molar-refractivity contribution is 5.13. The number of benzene rings is 1. The molecule has 1 saturated carbocycles. The highest BCUT2D eigenvalue weighted by atomic mass is 16.5. The fourth-order valence-electron chi connectivity index (χ4n) is 2.49. The van der Waals surface area contributed by atoms with Crippen LogP contribution >= 0.6 is 0 Å². The number of rotatable bonds is 5. The average molecular weight is 219 g/mol. The second-order valence-corrected chi connectivity index (χ2v) is 4.89. The minimum atomic E-state index is 0.273. The summed E-state index contributed by atoms with van der Waals surface area (Å²) in [5, 5.41) is 0. The molecule has 0 aliphatic heterocycles. The Balaban J connectivity index is 1.79. The smallest absolute Gasteiger partial charge is 0.0717 e. The molecule has 1 aromatic rings. The number of hydrogen-bond acceptors (Lipinski definition) is 2. The van der Waals surface area contributed by atoms with E-state index in [0.29, 0.717) is 6.61 Å². The predicted octanol–water partition coefficient (Wildman–Crippen LogP) is 2.72. The molecule has 0 aromatic heterocycles. The molecule has 2 N–H and O–H groups in total. The minimum Gasteiger partial charge on any atom is -0.376 e. The fourth-order valence-corrected chi connectivity index (χ4v) is 2.49. The van der Waals surface area contributed by atoms with Gasteiger partial charge in [0.15, 0.2) is 0 Å². The molecule has 2 heteroatoms. The molecule has 0 spiro atoms. The van der Waals surface area contributed by atoms with Gasteiger partial charge in [-0.3, -0.25) is 0 Å². The molecule has 0 unspecified atom stereocenters. The molecule has 1 aliphatic rings. The molecule has 1 aliphatic carbocycles. The van der Waals surface area contributed by atoms with E-state index in [0.717, 1.165) is 13.2 Å². The van der Waals surface area contributed by atoms with Gasteiger partial charge in [0.25, 0.3) is 0 Å². The van der Waals surface area contributed by atoms with E-state index in [4.69, 9.17) is 10.5 Å². The quantitative estimate of drug-likeness (QED) is 0.826. The van der Waals surface area contributed by atoms with Crippen LogP contribution in [0.15, 0.2) is 30.3 Å². The molecule has 0 atom stereocenters. The van der Waals surface area contributed by atoms with Gasteiger partial charge < -0.3 is 10.5 Å². The van der Waals surface area contributed by atoms with Crippen LogP contribution in [-0.2, 0) is 11.3 Å². The molecule has 2 rings (SSSR count). The number of ether oxygens (including phenoxy) is 1. The first-order chi connectivity index (χ1) is 7.85. The summed E-state index contributed by atoms with van der Waals surface area (Å²) in [7, 11) is 0. The normalized spacial score (nSPS) is 18.8. The summed E-state index contributed by atoms with van der Waals surface area (Å²) >= 11 is 0. The Bertz CT molecular complexity index is 304. The SMILES string of the molecule is NCC1(COCc2ccccc2)CCCC1. The molecule has 0 saturated heterocycles. The van der Waals surface area contributed by atoms with E-state index >= 15 is 0 Å². The molecule has 88 valence electrons. The summed E-state index contributed by atoms with van der Waals surface area (Å²) in [6.07, 6.45) is 5.09. The molecule has 0 radical (unpaired) electrons. The van der Waals surface area contributed by atoms with Crippen LogP contribution in [0.1, 0.15) is 31.2 Å². The van der Waals surface area contributed by atoms with E-state index in [9.17, 15) is 0 Å². The van der Waals surface area contributed by atoms with Gasteiger partial charge in [0.1, 0.15) is 0 Å². The van der Waals surface area contributed by atoms with Gasteiger partial charge in [-0.1, -0.05) is 43.2 Å². The van der Waals surface area contributed by atoms with Crippen molar-refractivity contribution in [3.63, 3.8) is 0 Å². The first-order valence-electron chi connectivity index (χ1n) is 6.16. The van der Waals surface area contributed by atoms with Crippen LogP contribution in [-0.4, -0.2) is 13.2 Å². The largest absolute Gasteiger partial charge is 0.376 e. The van der Waals surface area contributed by atoms with Crippen LogP contribution in [0.2, 0.25) is 0 Å². The summed E-state index contributed by atoms with van der Waals surface area (Å²) in [4.78, 5) is 0. The molecule has 0 heterocycles. The summed E-state index contributed by atoms with van der Waals surface area (Å²) in [5.74, 6) is 0. The molecule has 2 nitrogen and oxygen atoms in total. The topological polar surface area (TPSA) is 35.2 Å². The van der Waals surface area contributed by atoms with Crippen molar-refractivity contribution in [2.75, 3.05) is 13.2 Å². The molecular formula is C14H21NO.